The van der Waals surface area contributed by atoms with Crippen LogP contribution in [0.2, 0.25) is 0 Å². The second kappa shape index (κ2) is 5.49. The van der Waals surface area contributed by atoms with Crippen LogP contribution >= 0.6 is 0 Å². The Kier molecular flexibility index (Phi) is 3.93. The first kappa shape index (κ1) is 14.3. The minimum atomic E-state index is -0.375. The van der Waals surface area contributed by atoms with Gasteiger partial charge >= 0.3 is 0 Å². The van der Waals surface area contributed by atoms with E-state index < -0.39 is 0 Å². The number of carbonyl (C=O) groups excluding carboxylic acids is 1. The largest absolute Gasteiger partial charge is 0.366 e. The van der Waals surface area contributed by atoms with Crippen molar-refractivity contribution in [1.29, 1.82) is 0 Å². The van der Waals surface area contributed by atoms with Crippen molar-refractivity contribution >= 4 is 5.91 Å². The molecule has 2 rings (SSSR count). The van der Waals surface area contributed by atoms with Crippen LogP contribution in [0.4, 0.5) is 0 Å². The van der Waals surface area contributed by atoms with Crippen LogP contribution in [0.3, 0.4) is 0 Å². The number of hydrogen-bond donors (Lipinski definition) is 1. The lowest BCUT2D eigenvalue weighted by Gasteiger charge is -2.19. The van der Waals surface area contributed by atoms with Gasteiger partial charge in [0.05, 0.1) is 0 Å². The van der Waals surface area contributed by atoms with Gasteiger partial charge in [-0.1, -0.05) is 63.2 Å². The van der Waals surface area contributed by atoms with Crippen LogP contribution in [-0.4, -0.2) is 5.91 Å². The summed E-state index contributed by atoms with van der Waals surface area (Å²) in [4.78, 5) is 11.7. The zero-order valence-electron chi connectivity index (χ0n) is 12.3. The van der Waals surface area contributed by atoms with E-state index in [1.165, 1.54) is 0 Å². The third-order valence-electron chi connectivity index (χ3n) is 3.17. The van der Waals surface area contributed by atoms with Gasteiger partial charge in [-0.15, -0.1) is 0 Å². The summed E-state index contributed by atoms with van der Waals surface area (Å²) in [6.45, 7) is 6.55. The van der Waals surface area contributed by atoms with E-state index in [2.05, 4.69) is 26.8 Å². The minimum absolute atomic E-state index is 0.184. The molecule has 0 spiro atoms. The first-order chi connectivity index (χ1) is 9.37. The number of hydrogen-bond acceptors (Lipinski definition) is 1. The van der Waals surface area contributed by atoms with Gasteiger partial charge in [0.2, 0.25) is 5.91 Å². The average Bonchev–Trinajstić information content (AvgIpc) is 2.37. The molecular weight excluding hydrogens is 246 g/mol. The number of amides is 1. The molecule has 1 amide bonds. The van der Waals surface area contributed by atoms with Crippen molar-refractivity contribution in [2.45, 2.75) is 27.2 Å². The van der Waals surface area contributed by atoms with Crippen molar-refractivity contribution in [1.82, 2.24) is 0 Å². The summed E-state index contributed by atoms with van der Waals surface area (Å²) in [6, 6.07) is 15.9. The Morgan fingerprint density at radius 3 is 2.25 bits per heavy atom. The van der Waals surface area contributed by atoms with Gasteiger partial charge in [-0.05, 0) is 34.6 Å². The Bertz CT molecular complexity index is 609. The van der Waals surface area contributed by atoms with E-state index in [4.69, 9.17) is 5.73 Å². The molecule has 0 atom stereocenters. The lowest BCUT2D eigenvalue weighted by atomic mass is 9.86. The summed E-state index contributed by atoms with van der Waals surface area (Å²) in [6.07, 6.45) is 0.919. The van der Waals surface area contributed by atoms with Crippen LogP contribution in [0.1, 0.15) is 36.7 Å². The molecule has 0 aliphatic rings. The Morgan fingerprint density at radius 2 is 1.70 bits per heavy atom. The maximum atomic E-state index is 11.7. The molecule has 2 heteroatoms. The fourth-order valence-corrected chi connectivity index (χ4v) is 2.39. The fraction of sp³-hybridized carbons (Fsp3) is 0.278. The van der Waals surface area contributed by atoms with Gasteiger partial charge in [0.25, 0.3) is 0 Å². The molecule has 0 fully saturated rings. The molecule has 0 saturated heterocycles. The lowest BCUT2D eigenvalue weighted by molar-refractivity contribution is 0.100. The van der Waals surface area contributed by atoms with Crippen LogP contribution in [0, 0.1) is 5.41 Å². The van der Waals surface area contributed by atoms with Crippen LogP contribution in [0.25, 0.3) is 11.1 Å². The number of nitrogens with two attached hydrogens (primary N) is 1. The number of primary amides is 1. The molecule has 0 unspecified atom stereocenters. The molecule has 0 aromatic heterocycles. The van der Waals surface area contributed by atoms with Crippen LogP contribution in [0.15, 0.2) is 48.5 Å². The van der Waals surface area contributed by atoms with Crippen molar-refractivity contribution in [3.63, 3.8) is 0 Å². The summed E-state index contributed by atoms with van der Waals surface area (Å²) >= 11 is 0. The van der Waals surface area contributed by atoms with Gasteiger partial charge in [-0.3, -0.25) is 4.79 Å². The highest BCUT2D eigenvalue weighted by molar-refractivity contribution is 6.00. The number of carbonyl (C=O) groups is 1. The zero-order valence-corrected chi connectivity index (χ0v) is 12.3. The molecule has 2 N–H and O–H groups in total. The van der Waals surface area contributed by atoms with Crippen LogP contribution in [0.5, 0.6) is 0 Å². The smallest absolute Gasteiger partial charge is 0.249 e. The number of benzene rings is 2. The molecule has 20 heavy (non-hydrogen) atoms. The van der Waals surface area contributed by atoms with Crippen molar-refractivity contribution in [2.75, 3.05) is 0 Å². The summed E-state index contributed by atoms with van der Waals surface area (Å²) < 4.78 is 0. The predicted molar refractivity (Wildman–Crippen MR) is 83.6 cm³/mol. The lowest BCUT2D eigenvalue weighted by Crippen LogP contribution is -2.14. The van der Waals surface area contributed by atoms with Crippen molar-refractivity contribution in [3.8, 4) is 11.1 Å². The topological polar surface area (TPSA) is 43.1 Å². The van der Waals surface area contributed by atoms with E-state index in [0.29, 0.717) is 5.56 Å². The molecule has 0 aliphatic carbocycles. The fourth-order valence-electron chi connectivity index (χ4n) is 2.39. The first-order valence-electron chi connectivity index (χ1n) is 6.85. The Hall–Kier alpha value is -2.09. The van der Waals surface area contributed by atoms with E-state index in [9.17, 15) is 4.79 Å². The molecule has 0 radical (unpaired) electrons. The van der Waals surface area contributed by atoms with E-state index in [1.807, 2.05) is 42.5 Å². The normalized spacial score (nSPS) is 11.3. The molecule has 0 saturated carbocycles. The highest BCUT2D eigenvalue weighted by Gasteiger charge is 2.15. The van der Waals surface area contributed by atoms with Crippen molar-refractivity contribution in [3.05, 3.63) is 59.7 Å². The molecule has 0 heterocycles. The predicted octanol–water partition coefficient (Wildman–Crippen LogP) is 4.04. The molecular formula is C18H21NO. The summed E-state index contributed by atoms with van der Waals surface area (Å²) in [5, 5.41) is 0. The van der Waals surface area contributed by atoms with Gasteiger partial charge in [0.15, 0.2) is 0 Å². The standard InChI is InChI=1S/C18H21NO/c1-18(2,3)12-13-9-10-15(16(11-13)17(19)20)14-7-5-4-6-8-14/h4-11H,12H2,1-3H3,(H2,19,20). The van der Waals surface area contributed by atoms with E-state index in [1.54, 1.807) is 0 Å². The first-order valence-corrected chi connectivity index (χ1v) is 6.85. The van der Waals surface area contributed by atoms with Gasteiger partial charge in [0, 0.05) is 5.56 Å². The van der Waals surface area contributed by atoms with E-state index in [-0.39, 0.29) is 11.3 Å². The van der Waals surface area contributed by atoms with E-state index >= 15 is 0 Å². The summed E-state index contributed by atoms with van der Waals surface area (Å²) in [5.41, 5.74) is 9.39. The summed E-state index contributed by atoms with van der Waals surface area (Å²) in [5.74, 6) is -0.375. The molecule has 2 nitrogen and oxygen atoms in total. The van der Waals surface area contributed by atoms with Gasteiger partial charge in [-0.25, -0.2) is 0 Å². The maximum absolute atomic E-state index is 11.7. The Morgan fingerprint density at radius 1 is 1.05 bits per heavy atom. The third-order valence-corrected chi connectivity index (χ3v) is 3.17. The second-order valence-corrected chi connectivity index (χ2v) is 6.35. The monoisotopic (exact) mass is 267 g/mol. The maximum Gasteiger partial charge on any atom is 0.249 e. The minimum Gasteiger partial charge on any atom is -0.366 e. The van der Waals surface area contributed by atoms with Gasteiger partial charge in [-0.2, -0.15) is 0 Å². The molecule has 2 aromatic rings. The Labute approximate surface area is 120 Å². The highest BCUT2D eigenvalue weighted by Crippen LogP contribution is 2.27. The zero-order chi connectivity index (χ0) is 14.8. The van der Waals surface area contributed by atoms with Gasteiger partial charge < -0.3 is 5.73 Å². The molecule has 0 aliphatic heterocycles. The molecule has 0 bridgehead atoms. The number of rotatable bonds is 3. The highest BCUT2D eigenvalue weighted by atomic mass is 16.1. The van der Waals surface area contributed by atoms with Gasteiger partial charge in [0.1, 0.15) is 0 Å². The average molecular weight is 267 g/mol. The Balaban J connectivity index is 2.47. The SMILES string of the molecule is CC(C)(C)Cc1ccc(-c2ccccc2)c(C(N)=O)c1. The molecule has 2 aromatic carbocycles. The molecule has 104 valence electrons. The van der Waals surface area contributed by atoms with E-state index in [0.717, 1.165) is 23.1 Å². The summed E-state index contributed by atoms with van der Waals surface area (Å²) in [7, 11) is 0. The third kappa shape index (κ3) is 3.47. The van der Waals surface area contributed by atoms with Crippen molar-refractivity contribution < 1.29 is 4.79 Å². The van der Waals surface area contributed by atoms with Crippen LogP contribution in [-0.2, 0) is 6.42 Å². The van der Waals surface area contributed by atoms with Crippen molar-refractivity contribution in [2.24, 2.45) is 11.1 Å². The van der Waals surface area contributed by atoms with Crippen LogP contribution < -0.4 is 5.73 Å². The second-order valence-electron chi connectivity index (χ2n) is 6.35. The quantitative estimate of drug-likeness (QED) is 0.896.